The molecular weight excluding hydrogens is 386 g/mol. The lowest BCUT2D eigenvalue weighted by Crippen LogP contribution is -2.42. The molecule has 10 heteroatoms. The second-order valence-corrected chi connectivity index (χ2v) is 8.37. The van der Waals surface area contributed by atoms with Crippen molar-refractivity contribution in [2.24, 2.45) is 0 Å². The molecule has 1 aliphatic heterocycles. The third kappa shape index (κ3) is 6.54. The first kappa shape index (κ1) is 22.3. The molecule has 0 aliphatic carbocycles. The van der Waals surface area contributed by atoms with Crippen molar-refractivity contribution in [2.75, 3.05) is 70.7 Å². The van der Waals surface area contributed by atoms with Crippen LogP contribution in [-0.4, -0.2) is 85.6 Å². The van der Waals surface area contributed by atoms with Crippen molar-refractivity contribution < 1.29 is 27.4 Å². The third-order valence-electron chi connectivity index (χ3n) is 4.42. The molecule has 1 aromatic rings. The lowest BCUT2D eigenvalue weighted by Gasteiger charge is -2.26. The zero-order valence-corrected chi connectivity index (χ0v) is 17.5. The van der Waals surface area contributed by atoms with Gasteiger partial charge in [0.1, 0.15) is 18.0 Å². The van der Waals surface area contributed by atoms with Gasteiger partial charge in [0.15, 0.2) is 0 Å². The van der Waals surface area contributed by atoms with E-state index in [0.29, 0.717) is 18.0 Å². The number of benzene rings is 1. The fourth-order valence-electron chi connectivity index (χ4n) is 2.91. The summed E-state index contributed by atoms with van der Waals surface area (Å²) in [6.07, 6.45) is 1.84. The number of carbonyl (C=O) groups excluding carboxylic acids is 1. The maximum Gasteiger partial charge on any atom is 0.240 e. The molecule has 0 unspecified atom stereocenters. The topological polar surface area (TPSA) is 97.4 Å². The van der Waals surface area contributed by atoms with Crippen molar-refractivity contribution in [3.05, 3.63) is 18.2 Å². The Hall–Kier alpha value is -2.04. The minimum Gasteiger partial charge on any atom is -0.497 e. The molecule has 1 aliphatic rings. The highest BCUT2D eigenvalue weighted by Crippen LogP contribution is 2.33. The van der Waals surface area contributed by atoms with Crippen molar-refractivity contribution in [1.82, 2.24) is 10.2 Å². The van der Waals surface area contributed by atoms with E-state index in [-0.39, 0.29) is 18.1 Å². The summed E-state index contributed by atoms with van der Waals surface area (Å²) in [7, 11) is -0.778. The summed E-state index contributed by atoms with van der Waals surface area (Å²) in [5.74, 6) is 0.430. The summed E-state index contributed by atoms with van der Waals surface area (Å²) in [6.45, 7) is 4.26. The molecule has 1 heterocycles. The van der Waals surface area contributed by atoms with Crippen molar-refractivity contribution in [3.8, 4) is 11.5 Å². The van der Waals surface area contributed by atoms with Crippen LogP contribution in [0.4, 0.5) is 5.69 Å². The van der Waals surface area contributed by atoms with E-state index < -0.39 is 10.0 Å². The van der Waals surface area contributed by atoms with Gasteiger partial charge in [0.2, 0.25) is 15.9 Å². The molecule has 2 rings (SSSR count). The molecule has 0 bridgehead atoms. The van der Waals surface area contributed by atoms with Crippen LogP contribution in [0.2, 0.25) is 0 Å². The van der Waals surface area contributed by atoms with E-state index >= 15 is 0 Å². The summed E-state index contributed by atoms with van der Waals surface area (Å²) in [5, 5.41) is 2.79. The number of anilines is 1. The number of methoxy groups -OCH3 is 2. The van der Waals surface area contributed by atoms with Crippen molar-refractivity contribution >= 4 is 21.6 Å². The highest BCUT2D eigenvalue weighted by molar-refractivity contribution is 7.92. The minimum atomic E-state index is -3.70. The van der Waals surface area contributed by atoms with E-state index in [9.17, 15) is 13.2 Å². The number of hydrogen-bond acceptors (Lipinski definition) is 7. The maximum atomic E-state index is 12.4. The van der Waals surface area contributed by atoms with Crippen LogP contribution in [0, 0.1) is 0 Å². The first-order chi connectivity index (χ1) is 13.3. The number of amides is 1. The van der Waals surface area contributed by atoms with E-state index in [2.05, 4.69) is 10.2 Å². The summed E-state index contributed by atoms with van der Waals surface area (Å²) in [6, 6.07) is 4.80. The lowest BCUT2D eigenvalue weighted by molar-refractivity contribution is -0.119. The van der Waals surface area contributed by atoms with Crippen LogP contribution in [0.3, 0.4) is 0 Å². The van der Waals surface area contributed by atoms with Crippen LogP contribution in [0.5, 0.6) is 11.5 Å². The zero-order chi connectivity index (χ0) is 20.6. The van der Waals surface area contributed by atoms with Crippen LogP contribution in [-0.2, 0) is 19.6 Å². The van der Waals surface area contributed by atoms with E-state index in [1.165, 1.54) is 20.3 Å². The fraction of sp³-hybridized carbons (Fsp3) is 0.611. The molecule has 0 spiro atoms. The van der Waals surface area contributed by atoms with E-state index in [1.807, 2.05) is 0 Å². The first-order valence-corrected chi connectivity index (χ1v) is 11.0. The van der Waals surface area contributed by atoms with Gasteiger partial charge in [0.25, 0.3) is 0 Å². The molecule has 28 heavy (non-hydrogen) atoms. The number of morpholine rings is 1. The summed E-state index contributed by atoms with van der Waals surface area (Å²) in [5.41, 5.74) is 0.257. The predicted octanol–water partition coefficient (Wildman–Crippen LogP) is 0.308. The number of hydrogen-bond donors (Lipinski definition) is 1. The number of nitrogens with zero attached hydrogens (tertiary/aromatic N) is 2. The van der Waals surface area contributed by atoms with E-state index in [0.717, 1.165) is 49.8 Å². The molecule has 0 saturated carbocycles. The smallest absolute Gasteiger partial charge is 0.240 e. The molecule has 158 valence electrons. The maximum absolute atomic E-state index is 12.4. The van der Waals surface area contributed by atoms with Gasteiger partial charge in [0.05, 0.1) is 39.4 Å². The van der Waals surface area contributed by atoms with Gasteiger partial charge >= 0.3 is 0 Å². The summed E-state index contributed by atoms with van der Waals surface area (Å²) in [4.78, 5) is 14.6. The van der Waals surface area contributed by atoms with Gasteiger partial charge in [-0.3, -0.25) is 14.0 Å². The number of nitrogens with one attached hydrogen (secondary N) is 1. The number of ether oxygens (including phenoxy) is 3. The second-order valence-electron chi connectivity index (χ2n) is 6.46. The highest BCUT2D eigenvalue weighted by Gasteiger charge is 2.24. The first-order valence-electron chi connectivity index (χ1n) is 9.11. The number of rotatable bonds is 10. The second kappa shape index (κ2) is 10.5. The molecule has 0 aromatic heterocycles. The van der Waals surface area contributed by atoms with Crippen LogP contribution >= 0.6 is 0 Å². The highest BCUT2D eigenvalue weighted by atomic mass is 32.2. The molecule has 1 amide bonds. The Labute approximate surface area is 166 Å². The molecule has 0 atom stereocenters. The summed E-state index contributed by atoms with van der Waals surface area (Å²) >= 11 is 0. The molecule has 9 nitrogen and oxygen atoms in total. The van der Waals surface area contributed by atoms with Crippen molar-refractivity contribution in [1.29, 1.82) is 0 Å². The number of carbonyl (C=O) groups is 1. The van der Waals surface area contributed by atoms with Crippen molar-refractivity contribution in [2.45, 2.75) is 6.42 Å². The molecule has 1 fully saturated rings. The number of sulfonamides is 1. The van der Waals surface area contributed by atoms with Gasteiger partial charge in [-0.25, -0.2) is 8.42 Å². The lowest BCUT2D eigenvalue weighted by atomic mass is 10.2. The van der Waals surface area contributed by atoms with Crippen LogP contribution in [0.1, 0.15) is 6.42 Å². The van der Waals surface area contributed by atoms with Gasteiger partial charge in [-0.1, -0.05) is 0 Å². The van der Waals surface area contributed by atoms with E-state index in [1.54, 1.807) is 12.1 Å². The fourth-order valence-corrected chi connectivity index (χ4v) is 3.77. The van der Waals surface area contributed by atoms with Crippen LogP contribution < -0.4 is 19.1 Å². The molecule has 0 radical (unpaired) electrons. The molecule has 1 saturated heterocycles. The largest absolute Gasteiger partial charge is 0.497 e. The third-order valence-corrected chi connectivity index (χ3v) is 5.55. The monoisotopic (exact) mass is 415 g/mol. The SMILES string of the molecule is COc1ccc(OC)c(N(CC(=O)NCCCN2CCOCC2)S(C)(=O)=O)c1. The Morgan fingerprint density at radius 2 is 1.96 bits per heavy atom. The summed E-state index contributed by atoms with van der Waals surface area (Å²) < 4.78 is 41.4. The molecule has 1 N–H and O–H groups in total. The molecular formula is C18H29N3O6S. The Morgan fingerprint density at radius 1 is 1.25 bits per heavy atom. The Bertz CT molecular complexity index is 750. The van der Waals surface area contributed by atoms with Gasteiger partial charge < -0.3 is 19.5 Å². The normalized spacial score (nSPS) is 15.1. The standard InChI is InChI=1S/C18H29N3O6S/c1-25-15-5-6-17(26-2)16(13-15)21(28(3,23)24)14-18(22)19-7-4-8-20-9-11-27-12-10-20/h5-6,13H,4,7-12,14H2,1-3H3,(H,19,22). The average molecular weight is 416 g/mol. The molecule has 1 aromatic carbocycles. The van der Waals surface area contributed by atoms with E-state index in [4.69, 9.17) is 14.2 Å². The minimum absolute atomic E-state index is 0.257. The Morgan fingerprint density at radius 3 is 2.57 bits per heavy atom. The van der Waals surface area contributed by atoms with Gasteiger partial charge in [-0.05, 0) is 25.1 Å². The van der Waals surface area contributed by atoms with Gasteiger partial charge in [-0.2, -0.15) is 0 Å². The Kier molecular flexibility index (Phi) is 8.34. The van der Waals surface area contributed by atoms with Crippen LogP contribution in [0.15, 0.2) is 18.2 Å². The predicted molar refractivity (Wildman–Crippen MR) is 107 cm³/mol. The zero-order valence-electron chi connectivity index (χ0n) is 16.6. The van der Waals surface area contributed by atoms with Gasteiger partial charge in [-0.15, -0.1) is 0 Å². The Balaban J connectivity index is 1.97. The van der Waals surface area contributed by atoms with Crippen LogP contribution in [0.25, 0.3) is 0 Å². The quantitative estimate of drug-likeness (QED) is 0.549. The van der Waals surface area contributed by atoms with Gasteiger partial charge in [0, 0.05) is 25.7 Å². The van der Waals surface area contributed by atoms with Crippen molar-refractivity contribution in [3.63, 3.8) is 0 Å². The average Bonchev–Trinajstić information content (AvgIpc) is 2.69.